The molecule has 0 aliphatic rings. The van der Waals surface area contributed by atoms with Gasteiger partial charge in [-0.2, -0.15) is 0 Å². The molecule has 6 heterocycles. The van der Waals surface area contributed by atoms with Gasteiger partial charge in [0.25, 0.3) is 0 Å². The number of fused-ring (bicyclic) bond motifs is 4. The molecule has 0 amide bonds. The molecule has 10 aromatic carbocycles. The summed E-state index contributed by atoms with van der Waals surface area (Å²) in [5.74, 6) is 2.71. The van der Waals surface area contributed by atoms with Crippen LogP contribution < -0.4 is 4.70 Å². The van der Waals surface area contributed by atoms with Gasteiger partial charge in [-0.1, -0.05) is 182 Å². The third kappa shape index (κ3) is 32.0. The van der Waals surface area contributed by atoms with Crippen LogP contribution in [0.2, 0.25) is 0 Å². The van der Waals surface area contributed by atoms with Gasteiger partial charge in [0, 0.05) is 34.6 Å². The molecule has 0 fully saturated rings. The molecule has 16 aromatic rings. The number of aliphatic hydroxyl groups excluding tert-OH is 2. The number of aromatic nitrogens is 6. The number of pyridine rings is 2. The molecule has 0 bridgehead atoms. The standard InChI is InChI=1S/4C13H9NO.2C12H11NO.3Ag.BF3.F6P.FH.NO3/c4*1-2-6-10(7-3-1)13-14-11-8-4-5-9-12(11)15-13;2*14-9-12-8-11(6-7-13-12)10-4-2-1-3-5-10;;;;2-1(3)4;1-7(2,3,4,5)6;;2-1(3)4/h4*1-9H;2*1-8,14H,9H2;;;;;;1H;/q;;;;;;3*+1;;-1;;-1/p-1. The largest absolute Gasteiger partial charge is 1.00 e. The Hall–Kier alpha value is -10.5. The van der Waals surface area contributed by atoms with Gasteiger partial charge < -0.3 is 47.9 Å². The zero-order chi connectivity index (χ0) is 73.5. The number of nitrogens with zero attached hydrogens (tertiary/aromatic N) is 7. The van der Waals surface area contributed by atoms with E-state index in [0.717, 1.165) is 88.9 Å². The van der Waals surface area contributed by atoms with Gasteiger partial charge in [0.1, 0.15) is 22.1 Å². The van der Waals surface area contributed by atoms with Crippen molar-refractivity contribution in [2.45, 2.75) is 13.2 Å². The van der Waals surface area contributed by atoms with Crippen LogP contribution in [0.25, 0.3) is 112 Å². The molecule has 0 aliphatic heterocycles. The first-order chi connectivity index (χ1) is 49.4. The summed E-state index contributed by atoms with van der Waals surface area (Å²) >= 11 is 0. The van der Waals surface area contributed by atoms with Crippen LogP contribution in [0.15, 0.2) is 333 Å². The van der Waals surface area contributed by atoms with Gasteiger partial charge in [-0.15, -0.1) is 0 Å². The zero-order valence-electron chi connectivity index (χ0n) is 55.0. The Morgan fingerprint density at radius 2 is 0.505 bits per heavy atom. The Balaban J connectivity index is 0.000000260. The summed E-state index contributed by atoms with van der Waals surface area (Å²) in [5, 5.41) is 32.6. The summed E-state index contributed by atoms with van der Waals surface area (Å²) in [6, 6.07) is 98.5. The van der Waals surface area contributed by atoms with Crippen LogP contribution in [0.5, 0.6) is 0 Å². The fourth-order valence-corrected chi connectivity index (χ4v) is 9.06. The average molecular weight is 1770 g/mol. The molecule has 107 heavy (non-hydrogen) atoms. The normalized spacial score (nSPS) is 10.6. The molecule has 0 unspecified atom stereocenters. The van der Waals surface area contributed by atoms with Crippen LogP contribution in [0.3, 0.4) is 0 Å². The Labute approximate surface area is 651 Å². The summed E-state index contributed by atoms with van der Waals surface area (Å²) in [5.41, 5.74) is 16.8. The van der Waals surface area contributed by atoms with E-state index in [1.807, 2.05) is 303 Å². The van der Waals surface area contributed by atoms with E-state index in [9.17, 15) is 38.1 Å². The third-order valence-corrected chi connectivity index (χ3v) is 13.4. The molecule has 16 rings (SSSR count). The van der Waals surface area contributed by atoms with E-state index in [0.29, 0.717) is 35.0 Å². The molecular weight excluding hydrogens is 1710 g/mol. The maximum absolute atomic E-state index is 10.7. The van der Waals surface area contributed by atoms with Crippen molar-refractivity contribution >= 4 is 59.8 Å². The number of hydrogen-bond donors (Lipinski definition) is 2. The maximum atomic E-state index is 9.87. The Morgan fingerprint density at radius 1 is 0.327 bits per heavy atom. The van der Waals surface area contributed by atoms with Crippen molar-refractivity contribution in [3.63, 3.8) is 0 Å². The van der Waals surface area contributed by atoms with Gasteiger partial charge in [0.15, 0.2) is 22.3 Å². The number of aliphatic hydroxyl groups is 2. The Bertz CT molecular complexity index is 4550. The van der Waals surface area contributed by atoms with Gasteiger partial charge in [-0.25, -0.2) is 19.9 Å². The number of para-hydroxylation sites is 8. The minimum atomic E-state index is -10.7. The molecule has 562 valence electrons. The monoisotopic (exact) mass is 1770 g/mol. The molecule has 0 spiro atoms. The number of benzene rings is 10. The van der Waals surface area contributed by atoms with Crippen LogP contribution in [0.1, 0.15) is 11.4 Å². The van der Waals surface area contributed by atoms with Gasteiger partial charge in [-0.3, -0.25) is 22.9 Å². The van der Waals surface area contributed by atoms with Crippen molar-refractivity contribution in [3.8, 4) is 68.1 Å². The smallest absolute Gasteiger partial charge is 1.00 e. The van der Waals surface area contributed by atoms with E-state index in [1.54, 1.807) is 12.4 Å². The van der Waals surface area contributed by atoms with Crippen molar-refractivity contribution in [1.82, 2.24) is 29.9 Å². The van der Waals surface area contributed by atoms with E-state index in [2.05, 4.69) is 29.9 Å². The zero-order valence-corrected chi connectivity index (χ0v) is 60.4. The van der Waals surface area contributed by atoms with E-state index < -0.39 is 20.4 Å². The fraction of sp³-hybridized carbons (Fsp3) is 0.0263. The van der Waals surface area contributed by atoms with E-state index in [1.165, 1.54) is 0 Å². The minimum absolute atomic E-state index is 0. The van der Waals surface area contributed by atoms with Gasteiger partial charge in [0.05, 0.1) is 29.7 Å². The summed E-state index contributed by atoms with van der Waals surface area (Å²) in [4.78, 5) is 34.0. The second kappa shape index (κ2) is 43.2. The predicted molar refractivity (Wildman–Crippen MR) is 382 cm³/mol. The number of oxazole rings is 4. The topological polar surface area (TPSA) is 237 Å². The molecule has 0 atom stereocenters. The van der Waals surface area contributed by atoms with Crippen molar-refractivity contribution in [3.05, 3.63) is 342 Å². The summed E-state index contributed by atoms with van der Waals surface area (Å²) in [7, 11) is -14.3. The minimum Gasteiger partial charge on any atom is -1.00 e. The van der Waals surface area contributed by atoms with Gasteiger partial charge >= 0.3 is 108 Å². The second-order valence-electron chi connectivity index (χ2n) is 21.0. The first kappa shape index (κ1) is 88.9. The number of rotatable bonds is 8. The Morgan fingerprint density at radius 3 is 0.692 bits per heavy atom. The van der Waals surface area contributed by atoms with E-state index >= 15 is 0 Å². The molecule has 0 saturated heterocycles. The van der Waals surface area contributed by atoms with Crippen molar-refractivity contribution in [1.29, 1.82) is 0 Å². The van der Waals surface area contributed by atoms with E-state index in [-0.39, 0.29) is 85.1 Å². The molecule has 0 radical (unpaired) electrons. The number of halogens is 10. The predicted octanol–water partition coefficient (Wildman–Crippen LogP) is 19.5. The summed E-state index contributed by atoms with van der Waals surface area (Å²) in [6.45, 7) is -0.0264. The van der Waals surface area contributed by atoms with Crippen molar-refractivity contribution in [2.75, 3.05) is 0 Å². The third-order valence-electron chi connectivity index (χ3n) is 13.4. The van der Waals surface area contributed by atoms with E-state index in [4.69, 9.17) is 43.2 Å². The molecule has 31 heteroatoms. The van der Waals surface area contributed by atoms with Gasteiger partial charge in [0.2, 0.25) is 23.6 Å². The van der Waals surface area contributed by atoms with Crippen molar-refractivity contribution in [2.24, 2.45) is 0 Å². The Kier molecular flexibility index (Phi) is 35.9. The first-order valence-corrected chi connectivity index (χ1v) is 32.6. The van der Waals surface area contributed by atoms with Crippen LogP contribution in [-0.2, 0) is 80.4 Å². The quantitative estimate of drug-likeness (QED) is 0.0473. The molecule has 16 nitrogen and oxygen atoms in total. The van der Waals surface area contributed by atoms with Crippen LogP contribution in [0, 0.1) is 15.3 Å². The van der Waals surface area contributed by atoms with Crippen LogP contribution in [0.4, 0.5) is 38.1 Å². The molecular formula is C76H58Ag3BF10N7O9P. The maximum Gasteiger partial charge on any atom is 1.00 e. The molecule has 6 aromatic heterocycles. The summed E-state index contributed by atoms with van der Waals surface area (Å²) < 4.78 is 111. The average Bonchev–Trinajstić information content (AvgIpc) is 1.75. The van der Waals surface area contributed by atoms with Crippen molar-refractivity contribution < 1.29 is 143 Å². The molecule has 2 N–H and O–H groups in total. The number of hydrogen-bond acceptors (Lipinski definition) is 15. The van der Waals surface area contributed by atoms with Crippen LogP contribution in [-0.4, -0.2) is 52.7 Å². The molecule has 0 saturated carbocycles. The fourth-order valence-electron chi connectivity index (χ4n) is 9.06. The van der Waals surface area contributed by atoms with Crippen LogP contribution >= 0.6 is 7.81 Å². The van der Waals surface area contributed by atoms with Gasteiger partial charge in [-0.05, 0) is 144 Å². The second-order valence-corrected chi connectivity index (χ2v) is 22.9. The molecule has 0 aliphatic carbocycles. The summed E-state index contributed by atoms with van der Waals surface area (Å²) in [6.07, 6.45) is 3.43. The first-order valence-electron chi connectivity index (χ1n) is 30.6. The SMILES string of the molecule is FB(F)F.F[P-](F)(F)(F)(F)F.O=[N+]([O-])[O-].OCc1cc(-c2ccccc2)ccn1.OCc1cc(-c2ccccc2)ccn1.[Ag+].[Ag+].[Ag+].[F-].c1ccc(-c2nc3ccccc3o2)cc1.c1ccc(-c2nc3ccccc3o2)cc1.c1ccc(-c2nc3ccccc3o2)cc1.c1ccc(-c2nc3ccccc3o2)cc1.